The van der Waals surface area contributed by atoms with E-state index in [4.69, 9.17) is 0 Å². The molecule has 1 nitrogen and oxygen atoms in total. The van der Waals surface area contributed by atoms with E-state index in [1.165, 1.54) is 109 Å². The maximum Gasteiger partial charge on any atom is 0.0541 e. The lowest BCUT2D eigenvalue weighted by Gasteiger charge is -2.17. The Morgan fingerprint density at radius 3 is 1.24 bits per heavy atom. The van der Waals surface area contributed by atoms with E-state index >= 15 is 0 Å². The smallest absolute Gasteiger partial charge is 0.0541 e. The Morgan fingerprint density at radius 1 is 0.258 bits per heavy atom. The van der Waals surface area contributed by atoms with E-state index < -0.39 is 0 Å². The van der Waals surface area contributed by atoms with Crippen LogP contribution in [0.4, 0.5) is 0 Å². The van der Waals surface area contributed by atoms with E-state index in [1.807, 2.05) is 11.3 Å². The molecule has 290 valence electrons. The third-order valence-electron chi connectivity index (χ3n) is 12.5. The van der Waals surface area contributed by atoms with Gasteiger partial charge in [0.15, 0.2) is 0 Å². The fraction of sp³-hybridized carbons (Fsp3) is 0. The van der Waals surface area contributed by atoms with Crippen molar-refractivity contribution in [1.82, 2.24) is 4.57 Å². The minimum atomic E-state index is 1.16. The highest BCUT2D eigenvalue weighted by atomic mass is 32.1. The van der Waals surface area contributed by atoms with Gasteiger partial charge in [0.1, 0.15) is 0 Å². The maximum atomic E-state index is 2.49. The molecule has 0 aliphatic heterocycles. The third-order valence-corrected chi connectivity index (χ3v) is 13.7. The van der Waals surface area contributed by atoms with Gasteiger partial charge < -0.3 is 4.57 Å². The Labute approximate surface area is 365 Å². The second-order valence-corrected chi connectivity index (χ2v) is 17.1. The zero-order chi connectivity index (χ0) is 41.0. The first kappa shape index (κ1) is 36.1. The summed E-state index contributed by atoms with van der Waals surface area (Å²) in [5.74, 6) is 0. The van der Waals surface area contributed by atoms with Gasteiger partial charge in [-0.05, 0) is 92.0 Å². The van der Waals surface area contributed by atoms with Crippen LogP contribution in [-0.2, 0) is 0 Å². The molecule has 0 bridgehead atoms. The minimum Gasteiger partial charge on any atom is -0.309 e. The van der Waals surface area contributed by atoms with E-state index in [1.54, 1.807) is 0 Å². The van der Waals surface area contributed by atoms with Crippen molar-refractivity contribution >= 4 is 53.3 Å². The zero-order valence-corrected chi connectivity index (χ0v) is 34.7. The van der Waals surface area contributed by atoms with Crippen LogP contribution in [-0.4, -0.2) is 4.57 Å². The van der Waals surface area contributed by atoms with Crippen LogP contribution in [0.2, 0.25) is 0 Å². The van der Waals surface area contributed by atoms with Gasteiger partial charge in [-0.1, -0.05) is 200 Å². The Kier molecular flexibility index (Phi) is 8.76. The van der Waals surface area contributed by atoms with E-state index in [9.17, 15) is 0 Å². The quantitative estimate of drug-likeness (QED) is 0.151. The standard InChI is InChI=1S/C60H39NS/c1-3-14-40(15-4-1)42-26-30-44(31-27-42)46-34-36-57-54(38-46)55-39-47(45-32-28-43(29-33-45)41-16-5-2-6-17-41)35-37-58(55)61(57)56-24-11-9-20-50(56)48-18-7-8-19-49(48)52-22-13-23-53-51-21-10-12-25-59(51)62-60(52)53/h1-39H. The SMILES string of the molecule is c1ccc(-c2ccc(-c3ccc4c(c3)c3cc(-c5ccc(-c6ccccc6)cc5)ccc3n4-c3ccccc3-c3ccccc3-c3cccc4c3sc3ccccc34)cc2)cc1. The van der Waals surface area contributed by atoms with Crippen LogP contribution in [0.15, 0.2) is 237 Å². The average molecular weight is 806 g/mol. The number of aromatic nitrogens is 1. The second kappa shape index (κ2) is 15.0. The van der Waals surface area contributed by atoms with Crippen LogP contribution in [0.25, 0.3) is 114 Å². The molecule has 0 amide bonds. The van der Waals surface area contributed by atoms with Gasteiger partial charge in [-0.25, -0.2) is 0 Å². The summed E-state index contributed by atoms with van der Waals surface area (Å²) in [5, 5.41) is 5.08. The van der Waals surface area contributed by atoms with E-state index in [0.29, 0.717) is 0 Å². The van der Waals surface area contributed by atoms with Crippen LogP contribution >= 0.6 is 11.3 Å². The van der Waals surface area contributed by atoms with Crippen molar-refractivity contribution in [3.8, 4) is 72.4 Å². The number of hydrogen-bond acceptors (Lipinski definition) is 1. The molecule has 0 aliphatic carbocycles. The molecular formula is C60H39NS. The highest BCUT2D eigenvalue weighted by molar-refractivity contribution is 7.26. The molecule has 0 radical (unpaired) electrons. The summed E-state index contributed by atoms with van der Waals surface area (Å²) < 4.78 is 5.13. The molecule has 2 aromatic heterocycles. The van der Waals surface area contributed by atoms with Crippen molar-refractivity contribution in [2.45, 2.75) is 0 Å². The highest BCUT2D eigenvalue weighted by Gasteiger charge is 2.20. The van der Waals surface area contributed by atoms with Crippen molar-refractivity contribution in [2.75, 3.05) is 0 Å². The Hall–Kier alpha value is -7.78. The molecule has 0 atom stereocenters. The van der Waals surface area contributed by atoms with Crippen molar-refractivity contribution in [3.63, 3.8) is 0 Å². The van der Waals surface area contributed by atoms with Crippen LogP contribution in [0.1, 0.15) is 0 Å². The lowest BCUT2D eigenvalue weighted by molar-refractivity contribution is 1.18. The molecule has 0 N–H and O–H groups in total. The summed E-state index contributed by atoms with van der Waals surface area (Å²) in [6.45, 7) is 0. The third kappa shape index (κ3) is 6.15. The predicted molar refractivity (Wildman–Crippen MR) is 266 cm³/mol. The molecule has 0 aliphatic rings. The molecule has 0 spiro atoms. The van der Waals surface area contributed by atoms with Gasteiger partial charge >= 0.3 is 0 Å². The number of fused-ring (bicyclic) bond motifs is 6. The molecule has 62 heavy (non-hydrogen) atoms. The predicted octanol–water partition coefficient (Wildman–Crippen LogP) is 17.2. The number of benzene rings is 10. The normalized spacial score (nSPS) is 11.5. The van der Waals surface area contributed by atoms with Crippen molar-refractivity contribution in [1.29, 1.82) is 0 Å². The first-order chi connectivity index (χ1) is 30.7. The number of nitrogens with zero attached hydrogens (tertiary/aromatic N) is 1. The van der Waals surface area contributed by atoms with Gasteiger partial charge in [0.2, 0.25) is 0 Å². The van der Waals surface area contributed by atoms with E-state index in [0.717, 1.165) is 5.69 Å². The molecule has 12 rings (SSSR count). The summed E-state index contributed by atoms with van der Waals surface area (Å²) >= 11 is 1.89. The molecule has 2 heteroatoms. The minimum absolute atomic E-state index is 1.16. The largest absolute Gasteiger partial charge is 0.309 e. The molecule has 0 fully saturated rings. The molecule has 0 unspecified atom stereocenters. The van der Waals surface area contributed by atoms with Crippen LogP contribution in [0.5, 0.6) is 0 Å². The molecule has 10 aromatic carbocycles. The highest BCUT2D eigenvalue weighted by Crippen LogP contribution is 2.45. The van der Waals surface area contributed by atoms with E-state index in [-0.39, 0.29) is 0 Å². The average Bonchev–Trinajstić information content (AvgIpc) is 3.90. The summed E-state index contributed by atoms with van der Waals surface area (Å²) in [4.78, 5) is 0. The number of para-hydroxylation sites is 1. The first-order valence-corrected chi connectivity index (χ1v) is 22.1. The Morgan fingerprint density at radius 2 is 0.661 bits per heavy atom. The van der Waals surface area contributed by atoms with E-state index in [2.05, 4.69) is 241 Å². The maximum absolute atomic E-state index is 2.49. The van der Waals surface area contributed by atoms with Gasteiger partial charge in [-0.2, -0.15) is 0 Å². The summed E-state index contributed by atoms with van der Waals surface area (Å²) in [5.41, 5.74) is 18.1. The number of rotatable bonds is 7. The molecule has 0 saturated heterocycles. The molecule has 2 heterocycles. The van der Waals surface area contributed by atoms with Crippen molar-refractivity contribution < 1.29 is 0 Å². The summed E-state index contributed by atoms with van der Waals surface area (Å²) in [6, 6.07) is 86.6. The lowest BCUT2D eigenvalue weighted by Crippen LogP contribution is -1.98. The molecule has 12 aromatic rings. The summed E-state index contributed by atoms with van der Waals surface area (Å²) in [7, 11) is 0. The van der Waals surface area contributed by atoms with Gasteiger partial charge in [-0.3, -0.25) is 0 Å². The molecule has 0 saturated carbocycles. The Bertz CT molecular complexity index is 3450. The van der Waals surface area contributed by atoms with Crippen LogP contribution in [0, 0.1) is 0 Å². The van der Waals surface area contributed by atoms with Crippen molar-refractivity contribution in [3.05, 3.63) is 237 Å². The number of thiophene rings is 1. The van der Waals surface area contributed by atoms with Gasteiger partial charge in [0, 0.05) is 42.1 Å². The van der Waals surface area contributed by atoms with Gasteiger partial charge in [-0.15, -0.1) is 11.3 Å². The molecular weight excluding hydrogens is 767 g/mol. The van der Waals surface area contributed by atoms with Crippen LogP contribution < -0.4 is 0 Å². The number of hydrogen-bond donors (Lipinski definition) is 0. The van der Waals surface area contributed by atoms with Crippen molar-refractivity contribution in [2.24, 2.45) is 0 Å². The van der Waals surface area contributed by atoms with Gasteiger partial charge in [0.05, 0.1) is 16.7 Å². The van der Waals surface area contributed by atoms with Crippen LogP contribution in [0.3, 0.4) is 0 Å². The topological polar surface area (TPSA) is 4.93 Å². The lowest BCUT2D eigenvalue weighted by atomic mass is 9.92. The monoisotopic (exact) mass is 805 g/mol. The zero-order valence-electron chi connectivity index (χ0n) is 33.9. The Balaban J connectivity index is 1.04. The fourth-order valence-corrected chi connectivity index (χ4v) is 10.7. The summed E-state index contributed by atoms with van der Waals surface area (Å²) in [6.07, 6.45) is 0. The fourth-order valence-electron chi connectivity index (χ4n) is 9.42. The second-order valence-electron chi connectivity index (χ2n) is 16.0. The first-order valence-electron chi connectivity index (χ1n) is 21.2. The van der Waals surface area contributed by atoms with Gasteiger partial charge in [0.25, 0.3) is 0 Å².